The summed E-state index contributed by atoms with van der Waals surface area (Å²) in [5.74, 6) is 5.36. The number of halogens is 3. The second kappa shape index (κ2) is 4.62. The molecule has 0 bridgehead atoms. The predicted molar refractivity (Wildman–Crippen MR) is 61.7 cm³/mol. The molecule has 1 heterocycles. The predicted octanol–water partition coefficient (Wildman–Crippen LogP) is 3.20. The van der Waals surface area contributed by atoms with E-state index in [1.807, 2.05) is 19.1 Å². The Balaban J connectivity index is 2.37. The molecule has 6 heteroatoms. The minimum absolute atomic E-state index is 0.194. The summed E-state index contributed by atoms with van der Waals surface area (Å²) in [7, 11) is 0. The van der Waals surface area contributed by atoms with Gasteiger partial charge in [0.25, 0.3) is 0 Å². The van der Waals surface area contributed by atoms with Crippen LogP contribution in [0, 0.1) is 6.92 Å². The molecule has 1 aromatic heterocycles. The van der Waals surface area contributed by atoms with Gasteiger partial charge in [-0.05, 0) is 18.6 Å². The number of rotatable bonds is 3. The summed E-state index contributed by atoms with van der Waals surface area (Å²) < 4.78 is 42.6. The molecule has 0 aliphatic carbocycles. The van der Waals surface area contributed by atoms with E-state index in [-0.39, 0.29) is 5.76 Å². The number of aryl methyl sites for hydroxylation is 1. The minimum Gasteiger partial charge on any atom is -0.459 e. The van der Waals surface area contributed by atoms with Crippen molar-refractivity contribution in [1.29, 1.82) is 0 Å². The van der Waals surface area contributed by atoms with Gasteiger partial charge in [-0.15, -0.1) is 0 Å². The Hall–Kier alpha value is -1.53. The van der Waals surface area contributed by atoms with Crippen LogP contribution >= 0.6 is 0 Å². The molecule has 3 nitrogen and oxygen atoms in total. The molecule has 3 N–H and O–H groups in total. The van der Waals surface area contributed by atoms with Crippen LogP contribution in [-0.2, 0) is 0 Å². The van der Waals surface area contributed by atoms with E-state index in [0.29, 0.717) is 5.58 Å². The molecule has 2 aromatic rings. The normalized spacial score (nSPS) is 14.1. The molecule has 0 saturated heterocycles. The van der Waals surface area contributed by atoms with Gasteiger partial charge in [-0.1, -0.05) is 18.2 Å². The molecule has 1 atom stereocenters. The van der Waals surface area contributed by atoms with Crippen LogP contribution in [0.3, 0.4) is 0 Å². The number of para-hydroxylation sites is 1. The Morgan fingerprint density at radius 3 is 2.67 bits per heavy atom. The molecule has 0 aliphatic heterocycles. The van der Waals surface area contributed by atoms with Gasteiger partial charge in [0.05, 0.1) is 12.5 Å². The first-order valence-electron chi connectivity index (χ1n) is 5.42. The summed E-state index contributed by atoms with van der Waals surface area (Å²) in [5, 5.41) is 0.771. The molecule has 0 aliphatic rings. The maximum absolute atomic E-state index is 12.4. The van der Waals surface area contributed by atoms with E-state index in [1.165, 1.54) is 0 Å². The van der Waals surface area contributed by atoms with Crippen LogP contribution in [0.4, 0.5) is 13.2 Å². The highest BCUT2D eigenvalue weighted by molar-refractivity contribution is 5.80. The number of hydrogen-bond acceptors (Lipinski definition) is 3. The fourth-order valence-electron chi connectivity index (χ4n) is 1.87. The van der Waals surface area contributed by atoms with E-state index in [1.54, 1.807) is 12.1 Å². The van der Waals surface area contributed by atoms with Crippen molar-refractivity contribution in [3.63, 3.8) is 0 Å². The highest BCUT2D eigenvalue weighted by Crippen LogP contribution is 2.32. The molecule has 0 radical (unpaired) electrons. The fraction of sp³-hybridized carbons (Fsp3) is 0.333. The van der Waals surface area contributed by atoms with Gasteiger partial charge in [-0.3, -0.25) is 5.84 Å². The van der Waals surface area contributed by atoms with Crippen molar-refractivity contribution in [1.82, 2.24) is 5.43 Å². The third-order valence-electron chi connectivity index (χ3n) is 2.74. The number of fused-ring (bicyclic) bond motifs is 1. The minimum atomic E-state index is -4.30. The Morgan fingerprint density at radius 2 is 2.11 bits per heavy atom. The van der Waals surface area contributed by atoms with Crippen molar-refractivity contribution >= 4 is 11.0 Å². The van der Waals surface area contributed by atoms with Crippen LogP contribution in [0.5, 0.6) is 0 Å². The monoisotopic (exact) mass is 258 g/mol. The molecule has 0 spiro atoms. The second-order valence-corrected chi connectivity index (χ2v) is 4.18. The first-order chi connectivity index (χ1) is 8.40. The lowest BCUT2D eigenvalue weighted by Crippen LogP contribution is -2.31. The van der Waals surface area contributed by atoms with Crippen LogP contribution in [-0.4, -0.2) is 6.18 Å². The number of hydrazine groups is 1. The van der Waals surface area contributed by atoms with Crippen molar-refractivity contribution < 1.29 is 17.6 Å². The van der Waals surface area contributed by atoms with E-state index in [2.05, 4.69) is 5.43 Å². The fourth-order valence-corrected chi connectivity index (χ4v) is 1.87. The van der Waals surface area contributed by atoms with E-state index in [9.17, 15) is 13.2 Å². The van der Waals surface area contributed by atoms with Crippen molar-refractivity contribution in [3.8, 4) is 0 Å². The molecule has 2 rings (SSSR count). The maximum Gasteiger partial charge on any atom is 0.391 e. The van der Waals surface area contributed by atoms with Gasteiger partial charge < -0.3 is 4.42 Å². The topological polar surface area (TPSA) is 51.2 Å². The number of furan rings is 1. The van der Waals surface area contributed by atoms with Crippen LogP contribution in [0.2, 0.25) is 0 Å². The number of nitrogens with one attached hydrogen (secondary N) is 1. The number of benzene rings is 1. The Labute approximate surface area is 102 Å². The lowest BCUT2D eigenvalue weighted by atomic mass is 10.1. The number of hydrogen-bond donors (Lipinski definition) is 2. The molecule has 1 unspecified atom stereocenters. The van der Waals surface area contributed by atoms with Gasteiger partial charge in [0.15, 0.2) is 0 Å². The molecule has 0 amide bonds. The lowest BCUT2D eigenvalue weighted by Gasteiger charge is -2.15. The third-order valence-corrected chi connectivity index (χ3v) is 2.74. The average molecular weight is 258 g/mol. The molecular weight excluding hydrogens is 245 g/mol. The van der Waals surface area contributed by atoms with Crippen molar-refractivity contribution in [3.05, 3.63) is 35.6 Å². The summed E-state index contributed by atoms with van der Waals surface area (Å²) in [6.07, 6.45) is -5.37. The third kappa shape index (κ3) is 2.65. The summed E-state index contributed by atoms with van der Waals surface area (Å²) in [4.78, 5) is 0. The smallest absolute Gasteiger partial charge is 0.391 e. The molecule has 1 aromatic carbocycles. The van der Waals surface area contributed by atoms with Gasteiger partial charge in [0.2, 0.25) is 0 Å². The summed E-state index contributed by atoms with van der Waals surface area (Å²) in [6.45, 7) is 1.84. The van der Waals surface area contributed by atoms with Crippen LogP contribution in [0.15, 0.2) is 28.7 Å². The standard InChI is InChI=1S/C12H13F3N2O/c1-7-3-2-4-8-5-10(18-11(7)8)9(17-16)6-12(13,14)15/h2-5,9,17H,6,16H2,1H3. The lowest BCUT2D eigenvalue weighted by molar-refractivity contribution is -0.141. The highest BCUT2D eigenvalue weighted by atomic mass is 19.4. The van der Waals surface area contributed by atoms with Crippen molar-refractivity contribution in [2.75, 3.05) is 0 Å². The summed E-state index contributed by atoms with van der Waals surface area (Å²) in [5.41, 5.74) is 3.61. The van der Waals surface area contributed by atoms with Crippen molar-refractivity contribution in [2.24, 2.45) is 5.84 Å². The van der Waals surface area contributed by atoms with Gasteiger partial charge in [0.1, 0.15) is 11.3 Å². The zero-order valence-electron chi connectivity index (χ0n) is 9.71. The largest absolute Gasteiger partial charge is 0.459 e. The maximum atomic E-state index is 12.4. The Bertz CT molecular complexity index is 548. The van der Waals surface area contributed by atoms with Gasteiger partial charge in [-0.25, -0.2) is 5.43 Å². The van der Waals surface area contributed by atoms with Gasteiger partial charge in [0, 0.05) is 5.39 Å². The van der Waals surface area contributed by atoms with Gasteiger partial charge >= 0.3 is 6.18 Å². The van der Waals surface area contributed by atoms with E-state index >= 15 is 0 Å². The Kier molecular flexibility index (Phi) is 3.32. The Morgan fingerprint density at radius 1 is 1.39 bits per heavy atom. The van der Waals surface area contributed by atoms with Crippen LogP contribution in [0.25, 0.3) is 11.0 Å². The summed E-state index contributed by atoms with van der Waals surface area (Å²) >= 11 is 0. The van der Waals surface area contributed by atoms with E-state index in [4.69, 9.17) is 10.3 Å². The highest BCUT2D eigenvalue weighted by Gasteiger charge is 2.33. The van der Waals surface area contributed by atoms with Crippen LogP contribution in [0.1, 0.15) is 23.8 Å². The second-order valence-electron chi connectivity index (χ2n) is 4.18. The van der Waals surface area contributed by atoms with E-state index in [0.717, 1.165) is 10.9 Å². The van der Waals surface area contributed by atoms with Crippen molar-refractivity contribution in [2.45, 2.75) is 25.6 Å². The average Bonchev–Trinajstić information content (AvgIpc) is 2.70. The first-order valence-corrected chi connectivity index (χ1v) is 5.42. The first kappa shape index (κ1) is 12.9. The number of alkyl halides is 3. The zero-order chi connectivity index (χ0) is 13.3. The summed E-state index contributed by atoms with van der Waals surface area (Å²) in [6, 6.07) is 5.96. The SMILES string of the molecule is Cc1cccc2cc(C(CC(F)(F)F)NN)oc12. The van der Waals surface area contributed by atoms with E-state index < -0.39 is 18.6 Å². The zero-order valence-corrected chi connectivity index (χ0v) is 9.71. The number of nitrogens with two attached hydrogens (primary N) is 1. The van der Waals surface area contributed by atoms with Gasteiger partial charge in [-0.2, -0.15) is 13.2 Å². The molecular formula is C12H13F3N2O. The molecule has 0 saturated carbocycles. The molecule has 18 heavy (non-hydrogen) atoms. The molecule has 0 fully saturated rings. The van der Waals surface area contributed by atoms with Crippen LogP contribution < -0.4 is 11.3 Å². The molecule has 98 valence electrons. The quantitative estimate of drug-likeness (QED) is 0.656.